The summed E-state index contributed by atoms with van der Waals surface area (Å²) in [6.45, 7) is 1.84. The first-order valence-electron chi connectivity index (χ1n) is 3.12. The zero-order valence-electron chi connectivity index (χ0n) is 6.41. The van der Waals surface area contributed by atoms with Crippen molar-refractivity contribution in [3.63, 3.8) is 0 Å². The number of nitrogens with two attached hydrogens (primary N) is 2. The van der Waals surface area contributed by atoms with Crippen LogP contribution in [0.25, 0.3) is 0 Å². The van der Waals surface area contributed by atoms with Gasteiger partial charge in [-0.25, -0.2) is 0 Å². The van der Waals surface area contributed by atoms with Crippen LogP contribution in [-0.2, 0) is 0 Å². The molecule has 0 heterocycles. The van der Waals surface area contributed by atoms with Gasteiger partial charge in [0.2, 0.25) is 0 Å². The van der Waals surface area contributed by atoms with Crippen molar-refractivity contribution in [3.05, 3.63) is 23.4 Å². The number of hydrogen-bond donors (Lipinski definition) is 3. The Hall–Kier alpha value is -1.58. The third kappa shape index (κ3) is 3.20. The van der Waals surface area contributed by atoms with Crippen molar-refractivity contribution in [2.45, 2.75) is 6.92 Å². The molecule has 0 aliphatic rings. The zero-order valence-corrected chi connectivity index (χ0v) is 6.41. The van der Waals surface area contributed by atoms with Crippen molar-refractivity contribution in [1.82, 2.24) is 0 Å². The van der Waals surface area contributed by atoms with E-state index in [1.165, 1.54) is 6.21 Å². The van der Waals surface area contributed by atoms with E-state index in [0.717, 1.165) is 6.21 Å². The van der Waals surface area contributed by atoms with E-state index in [4.69, 9.17) is 17.0 Å². The summed E-state index contributed by atoms with van der Waals surface area (Å²) in [6.07, 6.45) is 5.90. The first-order chi connectivity index (χ1) is 5.26. The van der Waals surface area contributed by atoms with Gasteiger partial charge in [0.05, 0.1) is 6.21 Å². The number of hydrogen-bond acceptors (Lipinski definition) is 4. The van der Waals surface area contributed by atoms with Crippen molar-refractivity contribution >= 4 is 12.4 Å². The van der Waals surface area contributed by atoms with E-state index in [0.29, 0.717) is 11.3 Å². The molecule has 0 radical (unpaired) electrons. The topological polar surface area (TPSA) is 88.2 Å². The maximum Gasteiger partial charge on any atom is 0.0574 e. The maximum absolute atomic E-state index is 6.93. The second kappa shape index (κ2) is 5.22. The monoisotopic (exact) mass is 152 g/mol. The van der Waals surface area contributed by atoms with Gasteiger partial charge in [-0.2, -0.15) is 5.10 Å². The molecule has 0 amide bonds. The van der Waals surface area contributed by atoms with Gasteiger partial charge in [0.1, 0.15) is 0 Å². The van der Waals surface area contributed by atoms with Gasteiger partial charge in [-0.05, 0) is 13.0 Å². The molecule has 5 N–H and O–H groups in total. The average Bonchev–Trinajstić information content (AvgIpc) is 2.00. The van der Waals surface area contributed by atoms with E-state index < -0.39 is 0 Å². The first kappa shape index (κ1) is 9.42. The average molecular weight is 152 g/mol. The standard InChI is InChI=1S/C7H12N4/c1-2-3-7(9)6(4-8)5-11-10/h2-5,8H,9-10H2,1H3/b3-2-,7-6?,8-4?,11-5?. The van der Waals surface area contributed by atoms with Gasteiger partial charge in [-0.1, -0.05) is 6.08 Å². The predicted molar refractivity (Wildman–Crippen MR) is 47.5 cm³/mol. The van der Waals surface area contributed by atoms with Crippen LogP contribution in [0.5, 0.6) is 0 Å². The Morgan fingerprint density at radius 3 is 2.55 bits per heavy atom. The lowest BCUT2D eigenvalue weighted by atomic mass is 10.2. The Balaban J connectivity index is 4.66. The predicted octanol–water partition coefficient (Wildman–Crippen LogP) is 0.369. The smallest absolute Gasteiger partial charge is 0.0574 e. The molecule has 0 aliphatic heterocycles. The molecule has 0 saturated carbocycles. The molecule has 0 rings (SSSR count). The van der Waals surface area contributed by atoms with Crippen LogP contribution in [0.15, 0.2) is 28.5 Å². The van der Waals surface area contributed by atoms with Crippen LogP contribution in [-0.4, -0.2) is 12.4 Å². The highest BCUT2D eigenvalue weighted by atomic mass is 15.1. The van der Waals surface area contributed by atoms with E-state index in [9.17, 15) is 0 Å². The van der Waals surface area contributed by atoms with Crippen LogP contribution in [0.1, 0.15) is 6.92 Å². The SMILES string of the molecule is C/C=C\C(N)=C(C=N)C=NN. The fraction of sp³-hybridized carbons (Fsp3) is 0.143. The highest BCUT2D eigenvalue weighted by Crippen LogP contribution is 1.93. The molecule has 0 aromatic carbocycles. The molecule has 0 spiro atoms. The number of allylic oxidation sites excluding steroid dienone is 3. The summed E-state index contributed by atoms with van der Waals surface area (Å²) in [5, 5.41) is 10.2. The summed E-state index contributed by atoms with van der Waals surface area (Å²) in [6, 6.07) is 0. The van der Waals surface area contributed by atoms with Crippen LogP contribution in [0.2, 0.25) is 0 Å². The highest BCUT2D eigenvalue weighted by Gasteiger charge is 1.91. The third-order valence-electron chi connectivity index (χ3n) is 1.05. The van der Waals surface area contributed by atoms with Crippen LogP contribution < -0.4 is 11.6 Å². The second-order valence-corrected chi connectivity index (χ2v) is 1.83. The molecule has 0 saturated heterocycles. The van der Waals surface area contributed by atoms with Crippen molar-refractivity contribution in [2.75, 3.05) is 0 Å². The summed E-state index contributed by atoms with van der Waals surface area (Å²) in [7, 11) is 0. The van der Waals surface area contributed by atoms with Crippen molar-refractivity contribution < 1.29 is 0 Å². The number of nitrogens with one attached hydrogen (secondary N) is 1. The van der Waals surface area contributed by atoms with Crippen molar-refractivity contribution in [2.24, 2.45) is 16.7 Å². The fourth-order valence-electron chi connectivity index (χ4n) is 0.551. The third-order valence-corrected chi connectivity index (χ3v) is 1.05. The minimum absolute atomic E-state index is 0.483. The highest BCUT2D eigenvalue weighted by molar-refractivity contribution is 6.03. The Morgan fingerprint density at radius 1 is 1.55 bits per heavy atom. The summed E-state index contributed by atoms with van der Waals surface area (Å²) in [5.41, 5.74) is 6.51. The van der Waals surface area contributed by atoms with Gasteiger partial charge in [0, 0.05) is 17.5 Å². The molecule has 0 aliphatic carbocycles. The molecule has 60 valence electrons. The van der Waals surface area contributed by atoms with Gasteiger partial charge in [-0.15, -0.1) is 0 Å². The molecule has 4 nitrogen and oxygen atoms in total. The van der Waals surface area contributed by atoms with Crippen LogP contribution in [0, 0.1) is 5.41 Å². The molecule has 0 fully saturated rings. The van der Waals surface area contributed by atoms with Gasteiger partial charge in [0.15, 0.2) is 0 Å². The first-order valence-corrected chi connectivity index (χ1v) is 3.12. The number of hydrazone groups is 1. The summed E-state index contributed by atoms with van der Waals surface area (Å²) in [4.78, 5) is 0. The van der Waals surface area contributed by atoms with Crippen LogP contribution in [0.4, 0.5) is 0 Å². The minimum atomic E-state index is 0.483. The zero-order chi connectivity index (χ0) is 8.69. The van der Waals surface area contributed by atoms with E-state index in [1.54, 1.807) is 12.2 Å². The normalized spacial score (nSPS) is 13.9. The number of rotatable bonds is 3. The van der Waals surface area contributed by atoms with E-state index in [-0.39, 0.29) is 0 Å². The maximum atomic E-state index is 6.93. The molecular weight excluding hydrogens is 140 g/mol. The quantitative estimate of drug-likeness (QED) is 0.236. The molecule has 11 heavy (non-hydrogen) atoms. The lowest BCUT2D eigenvalue weighted by molar-refractivity contribution is 1.26. The van der Waals surface area contributed by atoms with Gasteiger partial charge in [0.25, 0.3) is 0 Å². The van der Waals surface area contributed by atoms with Crippen molar-refractivity contribution in [1.29, 1.82) is 5.41 Å². The lowest BCUT2D eigenvalue weighted by Gasteiger charge is -1.94. The molecular formula is C7H12N4. The summed E-state index contributed by atoms with van der Waals surface area (Å²) in [5.74, 6) is 4.89. The fourth-order valence-corrected chi connectivity index (χ4v) is 0.551. The summed E-state index contributed by atoms with van der Waals surface area (Å²) >= 11 is 0. The lowest BCUT2D eigenvalue weighted by Crippen LogP contribution is -2.02. The molecule has 0 aromatic heterocycles. The molecule has 4 heteroatoms. The minimum Gasteiger partial charge on any atom is -0.398 e. The second-order valence-electron chi connectivity index (χ2n) is 1.83. The molecule has 0 aromatic rings. The molecule has 0 bridgehead atoms. The van der Waals surface area contributed by atoms with Crippen molar-refractivity contribution in [3.8, 4) is 0 Å². The number of nitrogens with zero attached hydrogens (tertiary/aromatic N) is 1. The Kier molecular flexibility index (Phi) is 4.47. The largest absolute Gasteiger partial charge is 0.398 e. The van der Waals surface area contributed by atoms with Crippen LogP contribution >= 0.6 is 0 Å². The van der Waals surface area contributed by atoms with E-state index in [2.05, 4.69) is 5.10 Å². The van der Waals surface area contributed by atoms with Gasteiger partial charge in [-0.3, -0.25) is 0 Å². The van der Waals surface area contributed by atoms with Crippen LogP contribution in [0.3, 0.4) is 0 Å². The Labute approximate surface area is 65.8 Å². The molecule has 0 unspecified atom stereocenters. The Bertz CT molecular complexity index is 212. The summed E-state index contributed by atoms with van der Waals surface area (Å²) < 4.78 is 0. The van der Waals surface area contributed by atoms with E-state index in [1.807, 2.05) is 6.92 Å². The van der Waals surface area contributed by atoms with Gasteiger partial charge >= 0.3 is 0 Å². The Morgan fingerprint density at radius 2 is 2.18 bits per heavy atom. The van der Waals surface area contributed by atoms with Gasteiger partial charge < -0.3 is 17.0 Å². The van der Waals surface area contributed by atoms with E-state index >= 15 is 0 Å². The molecule has 0 atom stereocenters.